The first-order valence-corrected chi connectivity index (χ1v) is 12.6. The molecule has 13 heteroatoms. The number of rotatable bonds is 7. The molecule has 0 amide bonds. The van der Waals surface area contributed by atoms with E-state index in [0.717, 1.165) is 23.1 Å². The van der Waals surface area contributed by atoms with Gasteiger partial charge in [-0.3, -0.25) is 9.29 Å². The van der Waals surface area contributed by atoms with Crippen LogP contribution in [0.15, 0.2) is 24.3 Å². The van der Waals surface area contributed by atoms with Crippen LogP contribution >= 0.6 is 0 Å². The Balaban J connectivity index is 1.50. The smallest absolute Gasteiger partial charge is 0.395 e. The predicted molar refractivity (Wildman–Crippen MR) is 126 cm³/mol. The highest BCUT2D eigenvalue weighted by molar-refractivity contribution is 5.55. The molecule has 0 bridgehead atoms. The zero-order valence-corrected chi connectivity index (χ0v) is 20.9. The third-order valence-electron chi connectivity index (χ3n) is 7.34. The normalized spacial score (nSPS) is 24.7. The lowest BCUT2D eigenvalue weighted by Crippen LogP contribution is -2.47. The molecular formula is C26H27F8N3O2. The van der Waals surface area contributed by atoms with Gasteiger partial charge in [0.1, 0.15) is 11.6 Å². The summed E-state index contributed by atoms with van der Waals surface area (Å²) in [5.74, 6) is -2.88. The number of ether oxygens (including phenoxy) is 2. The standard InChI is InChI=1S/C26H27F8N3O2/c1-14-7-15-8-21-22(39-26(33,34)38-21)11-18(15)24(37(14)13-25(30,31)32)23-19(28)9-17(10-20(23)29)35-16-3-6-36(12-16)5-2-4-27/h8-11,14,16,24,35H,2-7,12-13H2,1H3/t14-,16+,24+/m1/s1. The van der Waals surface area contributed by atoms with Crippen LogP contribution in [0.2, 0.25) is 0 Å². The Bertz CT molecular complexity index is 1200. The molecule has 214 valence electrons. The van der Waals surface area contributed by atoms with Crippen molar-refractivity contribution in [1.82, 2.24) is 9.80 Å². The molecule has 0 aromatic heterocycles. The zero-order chi connectivity index (χ0) is 28.1. The quantitative estimate of drug-likeness (QED) is 0.415. The summed E-state index contributed by atoms with van der Waals surface area (Å²) in [6.07, 6.45) is -7.60. The van der Waals surface area contributed by atoms with Gasteiger partial charge in [0.05, 0.1) is 19.3 Å². The number of fused-ring (bicyclic) bond motifs is 2. The second-order valence-electron chi connectivity index (χ2n) is 10.2. The van der Waals surface area contributed by atoms with Crippen LogP contribution in [0.1, 0.15) is 42.5 Å². The summed E-state index contributed by atoms with van der Waals surface area (Å²) in [6.45, 7) is 1.37. The van der Waals surface area contributed by atoms with Gasteiger partial charge in [0, 0.05) is 43.0 Å². The van der Waals surface area contributed by atoms with E-state index in [2.05, 4.69) is 14.8 Å². The van der Waals surface area contributed by atoms with E-state index in [9.17, 15) is 26.3 Å². The molecule has 2 aromatic rings. The summed E-state index contributed by atoms with van der Waals surface area (Å²) in [6, 6.07) is 1.79. The van der Waals surface area contributed by atoms with E-state index in [1.54, 1.807) is 0 Å². The van der Waals surface area contributed by atoms with Crippen molar-refractivity contribution in [2.45, 2.75) is 56.8 Å². The van der Waals surface area contributed by atoms with Crippen molar-refractivity contribution in [3.63, 3.8) is 0 Å². The number of likely N-dealkylation sites (tertiary alicyclic amines) is 1. The van der Waals surface area contributed by atoms with Gasteiger partial charge >= 0.3 is 12.5 Å². The summed E-state index contributed by atoms with van der Waals surface area (Å²) in [5.41, 5.74) is -0.163. The molecule has 3 atom stereocenters. The number of nitrogens with zero attached hydrogens (tertiary/aromatic N) is 2. The fourth-order valence-corrected chi connectivity index (χ4v) is 5.73. The van der Waals surface area contributed by atoms with Gasteiger partial charge in [0.2, 0.25) is 0 Å². The van der Waals surface area contributed by atoms with Crippen LogP contribution < -0.4 is 14.8 Å². The Labute approximate surface area is 219 Å². The average Bonchev–Trinajstić information content (AvgIpc) is 3.38. The first-order chi connectivity index (χ1) is 18.3. The Hall–Kier alpha value is -2.80. The van der Waals surface area contributed by atoms with Gasteiger partial charge in [-0.15, -0.1) is 8.78 Å². The van der Waals surface area contributed by atoms with Crippen LogP contribution in [0.5, 0.6) is 11.5 Å². The number of halogens is 8. The lowest BCUT2D eigenvalue weighted by atomic mass is 9.84. The summed E-state index contributed by atoms with van der Waals surface area (Å²) in [5, 5.41) is 3.05. The van der Waals surface area contributed by atoms with E-state index in [1.165, 1.54) is 13.0 Å². The monoisotopic (exact) mass is 565 g/mol. The Morgan fingerprint density at radius 2 is 1.72 bits per heavy atom. The fourth-order valence-electron chi connectivity index (χ4n) is 5.73. The van der Waals surface area contributed by atoms with Crippen molar-refractivity contribution < 1.29 is 44.6 Å². The number of benzene rings is 2. The molecule has 1 fully saturated rings. The topological polar surface area (TPSA) is 37.0 Å². The Morgan fingerprint density at radius 3 is 2.36 bits per heavy atom. The van der Waals surface area contributed by atoms with Crippen LogP contribution in [-0.2, 0) is 6.42 Å². The zero-order valence-electron chi connectivity index (χ0n) is 20.9. The molecule has 0 saturated carbocycles. The molecule has 2 aromatic carbocycles. The van der Waals surface area contributed by atoms with Crippen LogP contribution in [0.3, 0.4) is 0 Å². The fraction of sp³-hybridized carbons (Fsp3) is 0.538. The molecule has 5 rings (SSSR count). The van der Waals surface area contributed by atoms with Crippen molar-refractivity contribution in [3.8, 4) is 11.5 Å². The molecule has 0 spiro atoms. The Morgan fingerprint density at radius 1 is 1.05 bits per heavy atom. The molecule has 0 unspecified atom stereocenters. The molecule has 0 radical (unpaired) electrons. The van der Waals surface area contributed by atoms with E-state index < -0.39 is 60.7 Å². The predicted octanol–water partition coefficient (Wildman–Crippen LogP) is 6.03. The summed E-state index contributed by atoms with van der Waals surface area (Å²) >= 11 is 0. The van der Waals surface area contributed by atoms with E-state index in [-0.39, 0.29) is 29.5 Å². The van der Waals surface area contributed by atoms with Gasteiger partial charge in [-0.05, 0) is 61.6 Å². The van der Waals surface area contributed by atoms with Crippen LogP contribution in [0, 0.1) is 11.6 Å². The number of anilines is 1. The molecule has 3 aliphatic heterocycles. The van der Waals surface area contributed by atoms with Crippen molar-refractivity contribution >= 4 is 5.69 Å². The molecule has 3 heterocycles. The van der Waals surface area contributed by atoms with Crippen LogP contribution in [0.25, 0.3) is 0 Å². The summed E-state index contributed by atoms with van der Waals surface area (Å²) < 4.78 is 121. The SMILES string of the molecule is C[C@@H]1Cc2cc3c(cc2[C@@H](c2c(F)cc(N[C@H]4CCN(CCCF)C4)cc2F)N1CC(F)(F)F)OC(F)(F)O3. The highest BCUT2D eigenvalue weighted by Gasteiger charge is 2.47. The minimum Gasteiger partial charge on any atom is -0.395 e. The second-order valence-corrected chi connectivity index (χ2v) is 10.2. The second kappa shape index (κ2) is 10.3. The van der Waals surface area contributed by atoms with Crippen molar-refractivity contribution in [3.05, 3.63) is 52.6 Å². The highest BCUT2D eigenvalue weighted by Crippen LogP contribution is 2.49. The molecule has 1 saturated heterocycles. The molecule has 0 aliphatic carbocycles. The highest BCUT2D eigenvalue weighted by atomic mass is 19.4. The number of nitrogens with one attached hydrogen (secondary N) is 1. The van der Waals surface area contributed by atoms with Gasteiger partial charge < -0.3 is 19.7 Å². The van der Waals surface area contributed by atoms with Crippen molar-refractivity contribution in [2.24, 2.45) is 0 Å². The van der Waals surface area contributed by atoms with Gasteiger partial charge in [-0.2, -0.15) is 13.2 Å². The number of hydrogen-bond donors (Lipinski definition) is 1. The maximum absolute atomic E-state index is 15.6. The van der Waals surface area contributed by atoms with Crippen LogP contribution in [0.4, 0.5) is 40.8 Å². The van der Waals surface area contributed by atoms with Gasteiger partial charge in [0.25, 0.3) is 0 Å². The van der Waals surface area contributed by atoms with Gasteiger partial charge in [-0.1, -0.05) is 0 Å². The maximum atomic E-state index is 15.6. The summed E-state index contributed by atoms with van der Waals surface area (Å²) in [4.78, 5) is 2.94. The maximum Gasteiger partial charge on any atom is 0.586 e. The minimum absolute atomic E-state index is 0.00753. The van der Waals surface area contributed by atoms with Gasteiger partial charge in [0.15, 0.2) is 11.5 Å². The molecule has 5 nitrogen and oxygen atoms in total. The van der Waals surface area contributed by atoms with Crippen LogP contribution in [-0.4, -0.2) is 67.2 Å². The largest absolute Gasteiger partial charge is 0.586 e. The van der Waals surface area contributed by atoms with Crippen molar-refractivity contribution in [1.29, 1.82) is 0 Å². The number of alkyl halides is 6. The minimum atomic E-state index is -4.70. The first-order valence-electron chi connectivity index (χ1n) is 12.6. The van der Waals surface area contributed by atoms with E-state index in [4.69, 9.17) is 0 Å². The third kappa shape index (κ3) is 5.88. The Kier molecular flexibility index (Phi) is 7.34. The van der Waals surface area contributed by atoms with Gasteiger partial charge in [-0.25, -0.2) is 8.78 Å². The van der Waals surface area contributed by atoms with Crippen molar-refractivity contribution in [2.75, 3.05) is 38.2 Å². The summed E-state index contributed by atoms with van der Waals surface area (Å²) in [7, 11) is 0. The molecule has 1 N–H and O–H groups in total. The van der Waals surface area contributed by atoms with E-state index >= 15 is 8.78 Å². The van der Waals surface area contributed by atoms with E-state index in [1.807, 2.05) is 4.90 Å². The molecule has 39 heavy (non-hydrogen) atoms. The number of hydrogen-bond acceptors (Lipinski definition) is 5. The molecular weight excluding hydrogens is 538 g/mol. The lowest BCUT2D eigenvalue weighted by molar-refractivity contribution is -0.286. The molecule has 3 aliphatic rings. The third-order valence-corrected chi connectivity index (χ3v) is 7.34. The first kappa shape index (κ1) is 27.8. The lowest BCUT2D eigenvalue weighted by Gasteiger charge is -2.42. The van der Waals surface area contributed by atoms with E-state index in [0.29, 0.717) is 38.0 Å². The average molecular weight is 566 g/mol.